The molecule has 0 fully saturated rings. The fraction of sp³-hybridized carbons (Fsp3) is 0.500. The van der Waals surface area contributed by atoms with Gasteiger partial charge in [-0.25, -0.2) is 14.0 Å². The quantitative estimate of drug-likeness (QED) is 0.517. The van der Waals surface area contributed by atoms with E-state index in [4.69, 9.17) is 9.47 Å². The summed E-state index contributed by atoms with van der Waals surface area (Å²) in [4.78, 5) is 37.0. The average Bonchev–Trinajstić information content (AvgIpc) is 2.57. The Hall–Kier alpha value is -2.90. The van der Waals surface area contributed by atoms with Crippen molar-refractivity contribution in [1.29, 1.82) is 0 Å². The van der Waals surface area contributed by atoms with Crippen LogP contribution in [-0.4, -0.2) is 35.2 Å². The summed E-state index contributed by atoms with van der Waals surface area (Å²) in [6, 6.07) is 4.53. The van der Waals surface area contributed by atoms with Crippen LogP contribution in [0.25, 0.3) is 0 Å². The van der Waals surface area contributed by atoms with Crippen molar-refractivity contribution in [2.75, 3.05) is 0 Å². The van der Waals surface area contributed by atoms with Gasteiger partial charge in [-0.2, -0.15) is 0 Å². The van der Waals surface area contributed by atoms with Gasteiger partial charge in [-0.3, -0.25) is 4.79 Å². The van der Waals surface area contributed by atoms with Crippen LogP contribution in [0.4, 0.5) is 9.18 Å². The molecule has 0 bridgehead atoms. The van der Waals surface area contributed by atoms with E-state index in [0.29, 0.717) is 5.56 Å². The van der Waals surface area contributed by atoms with Crippen LogP contribution in [0.1, 0.15) is 53.5 Å². The Kier molecular flexibility index (Phi) is 8.57. The fourth-order valence-corrected chi connectivity index (χ4v) is 2.26. The summed E-state index contributed by atoms with van der Waals surface area (Å²) in [5, 5.41) is 5.09. The zero-order valence-electron chi connectivity index (χ0n) is 18.4. The molecule has 0 radical (unpaired) electrons. The first-order valence-corrected chi connectivity index (χ1v) is 9.59. The van der Waals surface area contributed by atoms with Crippen molar-refractivity contribution in [3.05, 3.63) is 47.8 Å². The number of hydrogen-bond acceptors (Lipinski definition) is 5. The molecule has 7 nitrogen and oxygen atoms in total. The van der Waals surface area contributed by atoms with Crippen LogP contribution < -0.4 is 10.6 Å². The Morgan fingerprint density at radius 2 is 1.53 bits per heavy atom. The maximum atomic E-state index is 13.0. The molecule has 0 saturated carbocycles. The van der Waals surface area contributed by atoms with Gasteiger partial charge in [0.25, 0.3) is 0 Å². The maximum absolute atomic E-state index is 13.0. The highest BCUT2D eigenvalue weighted by atomic mass is 19.1. The molecular weight excluding hydrogens is 391 g/mol. The van der Waals surface area contributed by atoms with E-state index in [1.165, 1.54) is 12.1 Å². The van der Waals surface area contributed by atoms with Gasteiger partial charge in [-0.1, -0.05) is 18.7 Å². The Balaban J connectivity index is 2.78. The summed E-state index contributed by atoms with van der Waals surface area (Å²) >= 11 is 0. The van der Waals surface area contributed by atoms with E-state index in [-0.39, 0.29) is 24.4 Å². The lowest BCUT2D eigenvalue weighted by Crippen LogP contribution is -2.46. The third-order valence-electron chi connectivity index (χ3n) is 3.52. The number of halogens is 1. The molecule has 0 unspecified atom stereocenters. The van der Waals surface area contributed by atoms with Gasteiger partial charge in [0.2, 0.25) is 5.91 Å². The van der Waals surface area contributed by atoms with E-state index in [0.717, 1.165) is 0 Å². The lowest BCUT2D eigenvalue weighted by molar-refractivity contribution is -0.157. The van der Waals surface area contributed by atoms with E-state index in [1.54, 1.807) is 53.7 Å². The summed E-state index contributed by atoms with van der Waals surface area (Å²) in [7, 11) is 0. The van der Waals surface area contributed by atoms with Gasteiger partial charge < -0.3 is 20.1 Å². The molecule has 2 amide bonds. The number of ether oxygens (including phenoxy) is 2. The van der Waals surface area contributed by atoms with Crippen LogP contribution in [0.3, 0.4) is 0 Å². The zero-order valence-corrected chi connectivity index (χ0v) is 18.4. The lowest BCUT2D eigenvalue weighted by atomic mass is 10.1. The summed E-state index contributed by atoms with van der Waals surface area (Å²) in [5.74, 6) is -1.58. The minimum atomic E-state index is -1.15. The number of nitrogens with one attached hydrogen (secondary N) is 2. The SMILES string of the molecule is C=C(C[C@H](NC(=O)OC(C)(C)C)C(=O)OC(C)(C)C)C(=O)NCc1ccc(F)cc1. The van der Waals surface area contributed by atoms with Crippen molar-refractivity contribution in [2.24, 2.45) is 0 Å². The van der Waals surface area contributed by atoms with E-state index >= 15 is 0 Å². The molecule has 0 aromatic heterocycles. The minimum absolute atomic E-state index is 0.0732. The summed E-state index contributed by atoms with van der Waals surface area (Å²) < 4.78 is 23.5. The number of hydrogen-bond donors (Lipinski definition) is 2. The highest BCUT2D eigenvalue weighted by Crippen LogP contribution is 2.14. The molecule has 1 rings (SSSR count). The van der Waals surface area contributed by atoms with Gasteiger partial charge in [0, 0.05) is 18.5 Å². The minimum Gasteiger partial charge on any atom is -0.458 e. The summed E-state index contributed by atoms with van der Waals surface area (Å²) in [6.07, 6.45) is -0.971. The van der Waals surface area contributed by atoms with E-state index in [1.807, 2.05) is 0 Å². The molecule has 0 spiro atoms. The first-order chi connectivity index (χ1) is 13.7. The summed E-state index contributed by atoms with van der Waals surface area (Å²) in [6.45, 7) is 14.0. The second-order valence-corrected chi connectivity index (χ2v) is 8.85. The van der Waals surface area contributed by atoms with Crippen molar-refractivity contribution in [2.45, 2.75) is 71.8 Å². The topological polar surface area (TPSA) is 93.7 Å². The fourth-order valence-electron chi connectivity index (χ4n) is 2.26. The third kappa shape index (κ3) is 10.0. The summed E-state index contributed by atoms with van der Waals surface area (Å²) in [5.41, 5.74) is -0.763. The maximum Gasteiger partial charge on any atom is 0.408 e. The van der Waals surface area contributed by atoms with Crippen LogP contribution in [-0.2, 0) is 25.6 Å². The van der Waals surface area contributed by atoms with Crippen LogP contribution in [0, 0.1) is 5.82 Å². The number of carbonyl (C=O) groups excluding carboxylic acids is 3. The Morgan fingerprint density at radius 3 is 2.03 bits per heavy atom. The molecule has 2 N–H and O–H groups in total. The van der Waals surface area contributed by atoms with E-state index in [2.05, 4.69) is 17.2 Å². The Labute approximate surface area is 177 Å². The first-order valence-electron chi connectivity index (χ1n) is 9.59. The molecule has 1 aromatic carbocycles. The largest absolute Gasteiger partial charge is 0.458 e. The monoisotopic (exact) mass is 422 g/mol. The van der Waals surface area contributed by atoms with Gasteiger partial charge in [0.05, 0.1) is 0 Å². The zero-order chi connectivity index (χ0) is 23.1. The molecule has 0 saturated heterocycles. The van der Waals surface area contributed by atoms with Crippen molar-refractivity contribution in [3.63, 3.8) is 0 Å². The molecule has 1 atom stereocenters. The van der Waals surface area contributed by atoms with Crippen molar-refractivity contribution < 1.29 is 28.2 Å². The molecule has 1 aromatic rings. The second-order valence-electron chi connectivity index (χ2n) is 8.85. The average molecular weight is 422 g/mol. The van der Waals surface area contributed by atoms with Gasteiger partial charge >= 0.3 is 12.1 Å². The first kappa shape index (κ1) is 25.1. The molecular formula is C22H31FN2O5. The predicted octanol–water partition coefficient (Wildman–Crippen LogP) is 3.62. The number of rotatable bonds is 7. The van der Waals surface area contributed by atoms with Gasteiger partial charge in [0.15, 0.2) is 0 Å². The molecule has 0 aliphatic rings. The Bertz CT molecular complexity index is 776. The normalized spacial score (nSPS) is 12.5. The predicted molar refractivity (Wildman–Crippen MR) is 111 cm³/mol. The molecule has 8 heteroatoms. The molecule has 0 aliphatic heterocycles. The smallest absolute Gasteiger partial charge is 0.408 e. The number of amides is 2. The van der Waals surface area contributed by atoms with Crippen molar-refractivity contribution >= 4 is 18.0 Å². The number of benzene rings is 1. The third-order valence-corrected chi connectivity index (χ3v) is 3.52. The molecule has 166 valence electrons. The lowest BCUT2D eigenvalue weighted by Gasteiger charge is -2.26. The standard InChI is InChI=1S/C22H31FN2O5/c1-14(18(26)24-13-15-8-10-16(23)11-9-15)12-17(19(27)29-21(2,3)4)25-20(28)30-22(5,6)7/h8-11,17H,1,12-13H2,2-7H3,(H,24,26)(H,25,28)/t17-/m0/s1. The van der Waals surface area contributed by atoms with Crippen LogP contribution in [0.15, 0.2) is 36.4 Å². The number of esters is 1. The highest BCUT2D eigenvalue weighted by Gasteiger charge is 2.30. The molecule has 0 aliphatic carbocycles. The van der Waals surface area contributed by atoms with Gasteiger partial charge in [-0.05, 0) is 59.2 Å². The van der Waals surface area contributed by atoms with Crippen molar-refractivity contribution in [1.82, 2.24) is 10.6 Å². The van der Waals surface area contributed by atoms with E-state index in [9.17, 15) is 18.8 Å². The van der Waals surface area contributed by atoms with E-state index < -0.39 is 35.2 Å². The van der Waals surface area contributed by atoms with Crippen molar-refractivity contribution in [3.8, 4) is 0 Å². The van der Waals surface area contributed by atoms with Gasteiger partial charge in [-0.15, -0.1) is 0 Å². The number of alkyl carbamates (subject to hydrolysis) is 1. The number of carbonyl (C=O) groups is 3. The molecule has 30 heavy (non-hydrogen) atoms. The van der Waals surface area contributed by atoms with Crippen LogP contribution in [0.5, 0.6) is 0 Å². The highest BCUT2D eigenvalue weighted by molar-refractivity contribution is 5.94. The van der Waals surface area contributed by atoms with Gasteiger partial charge in [0.1, 0.15) is 23.1 Å². The van der Waals surface area contributed by atoms with Crippen LogP contribution in [0.2, 0.25) is 0 Å². The molecule has 0 heterocycles. The Morgan fingerprint density at radius 1 is 1.00 bits per heavy atom. The van der Waals surface area contributed by atoms with Crippen LogP contribution >= 0.6 is 0 Å². The second kappa shape index (κ2) is 10.2.